The Morgan fingerprint density at radius 3 is 2.68 bits per heavy atom. The van der Waals surface area contributed by atoms with Crippen LogP contribution in [0.3, 0.4) is 0 Å². The van der Waals surface area contributed by atoms with Crippen molar-refractivity contribution < 1.29 is 9.47 Å². The van der Waals surface area contributed by atoms with Gasteiger partial charge in [-0.1, -0.05) is 6.07 Å². The van der Waals surface area contributed by atoms with E-state index in [9.17, 15) is 0 Å². The predicted molar refractivity (Wildman–Crippen MR) is 76.9 cm³/mol. The van der Waals surface area contributed by atoms with Gasteiger partial charge in [-0.2, -0.15) is 0 Å². The minimum absolute atomic E-state index is 0.686. The van der Waals surface area contributed by atoms with Crippen LogP contribution < -0.4 is 15.2 Å². The lowest BCUT2D eigenvalue weighted by atomic mass is 10.1. The van der Waals surface area contributed by atoms with Crippen molar-refractivity contribution in [3.63, 3.8) is 0 Å². The summed E-state index contributed by atoms with van der Waals surface area (Å²) in [4.78, 5) is 2.49. The van der Waals surface area contributed by atoms with Gasteiger partial charge in [-0.3, -0.25) is 0 Å². The number of methoxy groups -OCH3 is 2. The molecule has 19 heavy (non-hydrogen) atoms. The summed E-state index contributed by atoms with van der Waals surface area (Å²) >= 11 is 0. The third-order valence-corrected chi connectivity index (χ3v) is 3.87. The molecule has 2 N–H and O–H groups in total. The van der Waals surface area contributed by atoms with Crippen molar-refractivity contribution >= 4 is 0 Å². The number of hydrogen-bond acceptors (Lipinski definition) is 4. The fraction of sp³-hybridized carbons (Fsp3) is 0.600. The highest BCUT2D eigenvalue weighted by molar-refractivity contribution is 5.42. The number of hydrogen-bond donors (Lipinski definition) is 1. The Balaban J connectivity index is 1.89. The predicted octanol–water partition coefficient (Wildman–Crippen LogP) is 1.53. The molecule has 1 aromatic rings. The van der Waals surface area contributed by atoms with Gasteiger partial charge in [0, 0.05) is 13.1 Å². The van der Waals surface area contributed by atoms with Crippen LogP contribution in [0.15, 0.2) is 18.2 Å². The second kappa shape index (κ2) is 6.78. The smallest absolute Gasteiger partial charge is 0.160 e. The Morgan fingerprint density at radius 1 is 1.26 bits per heavy atom. The molecule has 1 aliphatic rings. The molecule has 2 rings (SSSR count). The molecule has 1 unspecified atom stereocenters. The molecule has 4 heteroatoms. The van der Waals surface area contributed by atoms with E-state index in [1.165, 1.54) is 18.5 Å². The number of likely N-dealkylation sites (tertiary alicyclic amines) is 1. The van der Waals surface area contributed by atoms with E-state index < -0.39 is 0 Å². The molecule has 1 fully saturated rings. The third-order valence-electron chi connectivity index (χ3n) is 3.87. The monoisotopic (exact) mass is 264 g/mol. The Morgan fingerprint density at radius 2 is 2.05 bits per heavy atom. The largest absolute Gasteiger partial charge is 0.493 e. The van der Waals surface area contributed by atoms with E-state index >= 15 is 0 Å². The lowest BCUT2D eigenvalue weighted by Crippen LogP contribution is -2.25. The van der Waals surface area contributed by atoms with Crippen LogP contribution in [0.25, 0.3) is 0 Å². The third kappa shape index (κ3) is 3.61. The van der Waals surface area contributed by atoms with Crippen LogP contribution in [0.2, 0.25) is 0 Å². The number of ether oxygens (including phenoxy) is 2. The number of nitrogens with two attached hydrogens (primary N) is 1. The quantitative estimate of drug-likeness (QED) is 0.846. The van der Waals surface area contributed by atoms with Gasteiger partial charge in [-0.25, -0.2) is 0 Å². The van der Waals surface area contributed by atoms with Gasteiger partial charge >= 0.3 is 0 Å². The molecule has 1 heterocycles. The number of rotatable bonds is 6. The van der Waals surface area contributed by atoms with Crippen molar-refractivity contribution in [3.8, 4) is 11.5 Å². The highest BCUT2D eigenvalue weighted by Crippen LogP contribution is 2.28. The summed E-state index contributed by atoms with van der Waals surface area (Å²) in [5.41, 5.74) is 7.00. The second-order valence-corrected chi connectivity index (χ2v) is 5.13. The Bertz CT molecular complexity index is 409. The molecule has 4 nitrogen and oxygen atoms in total. The molecule has 0 saturated carbocycles. The zero-order chi connectivity index (χ0) is 13.7. The first-order valence-electron chi connectivity index (χ1n) is 6.90. The Kier molecular flexibility index (Phi) is 5.05. The molecular weight excluding hydrogens is 240 g/mol. The van der Waals surface area contributed by atoms with Crippen LogP contribution >= 0.6 is 0 Å². The molecule has 0 aromatic heterocycles. The summed E-state index contributed by atoms with van der Waals surface area (Å²) in [7, 11) is 3.34. The van der Waals surface area contributed by atoms with Gasteiger partial charge in [0.15, 0.2) is 11.5 Å². The molecule has 0 bridgehead atoms. The van der Waals surface area contributed by atoms with Gasteiger partial charge in [0.2, 0.25) is 0 Å². The van der Waals surface area contributed by atoms with Crippen LogP contribution in [0, 0.1) is 5.92 Å². The summed E-state index contributed by atoms with van der Waals surface area (Å²) < 4.78 is 10.6. The van der Waals surface area contributed by atoms with E-state index in [1.807, 2.05) is 6.07 Å². The molecule has 1 atom stereocenters. The van der Waals surface area contributed by atoms with Crippen LogP contribution in [0.4, 0.5) is 0 Å². The van der Waals surface area contributed by atoms with Crippen molar-refractivity contribution in [1.29, 1.82) is 0 Å². The van der Waals surface area contributed by atoms with E-state index in [4.69, 9.17) is 15.2 Å². The molecule has 0 aliphatic carbocycles. The summed E-state index contributed by atoms with van der Waals surface area (Å²) in [5, 5.41) is 0. The zero-order valence-electron chi connectivity index (χ0n) is 11.9. The van der Waals surface area contributed by atoms with E-state index in [1.54, 1.807) is 14.2 Å². The van der Waals surface area contributed by atoms with Gasteiger partial charge < -0.3 is 20.1 Å². The van der Waals surface area contributed by atoms with Crippen molar-refractivity contribution in [3.05, 3.63) is 23.8 Å². The second-order valence-electron chi connectivity index (χ2n) is 5.13. The molecular formula is C15H24N2O2. The fourth-order valence-corrected chi connectivity index (χ4v) is 2.63. The number of benzene rings is 1. The Hall–Kier alpha value is -1.26. The van der Waals surface area contributed by atoms with E-state index in [2.05, 4.69) is 17.0 Å². The maximum Gasteiger partial charge on any atom is 0.160 e. The van der Waals surface area contributed by atoms with Crippen LogP contribution in [0.5, 0.6) is 11.5 Å². The number of nitrogens with zero attached hydrogens (tertiary/aromatic N) is 1. The van der Waals surface area contributed by atoms with Crippen LogP contribution in [-0.4, -0.2) is 45.3 Å². The fourth-order valence-electron chi connectivity index (χ4n) is 2.63. The first kappa shape index (κ1) is 14.2. The normalized spacial score (nSPS) is 19.6. The van der Waals surface area contributed by atoms with E-state index in [0.29, 0.717) is 5.92 Å². The van der Waals surface area contributed by atoms with Gasteiger partial charge in [0.05, 0.1) is 14.2 Å². The maximum atomic E-state index is 5.72. The first-order chi connectivity index (χ1) is 9.26. The van der Waals surface area contributed by atoms with Gasteiger partial charge in [0.25, 0.3) is 0 Å². The van der Waals surface area contributed by atoms with Crippen molar-refractivity contribution in [2.75, 3.05) is 40.4 Å². The molecule has 1 aliphatic heterocycles. The lowest BCUT2D eigenvalue weighted by molar-refractivity contribution is 0.328. The molecule has 106 valence electrons. The summed E-state index contributed by atoms with van der Waals surface area (Å²) in [5.74, 6) is 2.28. The summed E-state index contributed by atoms with van der Waals surface area (Å²) in [6, 6.07) is 6.15. The molecule has 0 spiro atoms. The van der Waals surface area contributed by atoms with Crippen molar-refractivity contribution in [1.82, 2.24) is 4.90 Å². The zero-order valence-corrected chi connectivity index (χ0v) is 11.9. The molecule has 1 aromatic carbocycles. The van der Waals surface area contributed by atoms with Crippen LogP contribution in [0.1, 0.15) is 12.0 Å². The lowest BCUT2D eigenvalue weighted by Gasteiger charge is -2.16. The molecule has 1 saturated heterocycles. The first-order valence-corrected chi connectivity index (χ1v) is 6.90. The van der Waals surface area contributed by atoms with E-state index in [-0.39, 0.29) is 0 Å². The minimum atomic E-state index is 0.686. The topological polar surface area (TPSA) is 47.7 Å². The Labute approximate surface area is 115 Å². The highest BCUT2D eigenvalue weighted by atomic mass is 16.5. The summed E-state index contributed by atoms with van der Waals surface area (Å²) in [6.07, 6.45) is 2.28. The van der Waals surface area contributed by atoms with Crippen molar-refractivity contribution in [2.24, 2.45) is 11.7 Å². The minimum Gasteiger partial charge on any atom is -0.493 e. The summed E-state index contributed by atoms with van der Waals surface area (Å²) in [6.45, 7) is 4.22. The molecule has 0 amide bonds. The highest BCUT2D eigenvalue weighted by Gasteiger charge is 2.20. The maximum absolute atomic E-state index is 5.72. The van der Waals surface area contributed by atoms with Gasteiger partial charge in [0.1, 0.15) is 0 Å². The SMILES string of the molecule is COc1ccc(CCN2CCC(CN)C2)cc1OC. The van der Waals surface area contributed by atoms with Crippen molar-refractivity contribution in [2.45, 2.75) is 12.8 Å². The molecule has 0 radical (unpaired) electrons. The average Bonchev–Trinajstić information content (AvgIpc) is 2.92. The van der Waals surface area contributed by atoms with Gasteiger partial charge in [-0.15, -0.1) is 0 Å². The average molecular weight is 264 g/mol. The van der Waals surface area contributed by atoms with Crippen LogP contribution in [-0.2, 0) is 6.42 Å². The van der Waals surface area contributed by atoms with E-state index in [0.717, 1.165) is 37.6 Å². The van der Waals surface area contributed by atoms with Gasteiger partial charge in [-0.05, 0) is 49.5 Å². The standard InChI is InChI=1S/C15H24N2O2/c1-18-14-4-3-12(9-15(14)19-2)5-7-17-8-6-13(10-16)11-17/h3-4,9,13H,5-8,10-11,16H2,1-2H3.